The molecule has 1 unspecified atom stereocenters. The average molecular weight is 395 g/mol. The van der Waals surface area contributed by atoms with Gasteiger partial charge in [0.05, 0.1) is 17.8 Å². The topological polar surface area (TPSA) is 71.9 Å². The Balaban J connectivity index is 1.50. The minimum absolute atomic E-state index is 0.200. The number of para-hydroxylation sites is 1. The minimum atomic E-state index is -3.70. The predicted octanol–water partition coefficient (Wildman–Crippen LogP) is 3.36. The molecule has 0 spiro atoms. The zero-order chi connectivity index (χ0) is 19.7. The Morgan fingerprint density at radius 1 is 1.11 bits per heavy atom. The van der Waals surface area contributed by atoms with Gasteiger partial charge < -0.3 is 4.84 Å². The molecule has 0 radical (unpaired) electrons. The first kappa shape index (κ1) is 18.6. The van der Waals surface area contributed by atoms with Crippen LogP contribution in [0.4, 0.5) is 0 Å². The predicted molar refractivity (Wildman–Crippen MR) is 109 cm³/mol. The number of hydrogen-bond donors (Lipinski definition) is 0. The fourth-order valence-electron chi connectivity index (χ4n) is 3.28. The van der Waals surface area contributed by atoms with E-state index in [9.17, 15) is 8.42 Å². The Morgan fingerprint density at radius 2 is 1.86 bits per heavy atom. The highest BCUT2D eigenvalue weighted by Gasteiger charge is 2.30. The van der Waals surface area contributed by atoms with Crippen LogP contribution in [-0.4, -0.2) is 43.1 Å². The lowest BCUT2D eigenvalue weighted by Gasteiger charge is -2.20. The summed E-state index contributed by atoms with van der Waals surface area (Å²) in [5.74, 6) is 0. The summed E-state index contributed by atoms with van der Waals surface area (Å²) in [5, 5.41) is 4.95. The number of pyridine rings is 1. The molecule has 1 atom stereocenters. The third-order valence-electron chi connectivity index (χ3n) is 4.86. The molecule has 1 aromatic heterocycles. The molecule has 1 aliphatic rings. The van der Waals surface area contributed by atoms with Crippen LogP contribution in [0.5, 0.6) is 0 Å². The van der Waals surface area contributed by atoms with E-state index >= 15 is 0 Å². The van der Waals surface area contributed by atoms with Gasteiger partial charge in [-0.3, -0.25) is 4.98 Å². The van der Waals surface area contributed by atoms with E-state index in [1.807, 2.05) is 43.3 Å². The molecule has 0 N–H and O–H groups in total. The molecule has 0 bridgehead atoms. The molecule has 1 aliphatic heterocycles. The fourth-order valence-corrected chi connectivity index (χ4v) is 4.64. The summed E-state index contributed by atoms with van der Waals surface area (Å²) < 4.78 is 27.5. The first-order valence-corrected chi connectivity index (χ1v) is 10.5. The first-order chi connectivity index (χ1) is 13.4. The van der Waals surface area contributed by atoms with Gasteiger partial charge in [-0.15, -0.1) is 0 Å². The maximum atomic E-state index is 13.1. The van der Waals surface area contributed by atoms with E-state index in [1.165, 1.54) is 9.87 Å². The molecule has 2 aromatic carbocycles. The molecule has 6 nitrogen and oxygen atoms in total. The van der Waals surface area contributed by atoms with Crippen molar-refractivity contribution in [2.75, 3.05) is 13.6 Å². The van der Waals surface area contributed by atoms with Crippen molar-refractivity contribution in [2.24, 2.45) is 5.16 Å². The van der Waals surface area contributed by atoms with Crippen LogP contribution in [-0.2, 0) is 14.9 Å². The average Bonchev–Trinajstić information content (AvgIpc) is 3.16. The molecule has 0 amide bonds. The molecule has 0 fully saturated rings. The monoisotopic (exact) mass is 395 g/mol. The molecule has 0 saturated carbocycles. The Bertz CT molecular complexity index is 1140. The fraction of sp³-hybridized carbons (Fsp3) is 0.238. The Labute approximate surface area is 164 Å². The van der Waals surface area contributed by atoms with E-state index in [0.717, 1.165) is 16.7 Å². The third kappa shape index (κ3) is 3.50. The first-order valence-electron chi connectivity index (χ1n) is 9.05. The summed E-state index contributed by atoms with van der Waals surface area (Å²) in [7, 11) is -2.14. The van der Waals surface area contributed by atoms with Crippen molar-refractivity contribution >= 4 is 26.6 Å². The molecule has 28 heavy (non-hydrogen) atoms. The van der Waals surface area contributed by atoms with Gasteiger partial charge in [-0.05, 0) is 24.6 Å². The Hall–Kier alpha value is -2.77. The van der Waals surface area contributed by atoms with Gasteiger partial charge in [0.15, 0.2) is 0 Å². The standard InChI is InChI=1S/C21H21N3O3S/c1-15-8-10-16(11-9-15)19-13-18(27-23-19)14-24(2)28(25,26)20-7-3-5-17-6-4-12-22-21(17)20/h3-12,18H,13-14H2,1-2H3. The summed E-state index contributed by atoms with van der Waals surface area (Å²) in [4.78, 5) is 9.97. The number of aryl methyl sites for hydroxylation is 1. The normalized spacial score (nSPS) is 17.0. The van der Waals surface area contributed by atoms with Crippen LogP contribution in [0.25, 0.3) is 10.9 Å². The molecule has 0 saturated heterocycles. The lowest BCUT2D eigenvalue weighted by Crippen LogP contribution is -2.34. The molecule has 144 valence electrons. The zero-order valence-corrected chi connectivity index (χ0v) is 16.6. The summed E-state index contributed by atoms with van der Waals surface area (Å²) >= 11 is 0. The van der Waals surface area contributed by atoms with Crippen LogP contribution in [0, 0.1) is 6.92 Å². The van der Waals surface area contributed by atoms with Crippen molar-refractivity contribution < 1.29 is 13.3 Å². The molecular formula is C21H21N3O3S. The second-order valence-electron chi connectivity index (χ2n) is 6.95. The SMILES string of the molecule is Cc1ccc(C2=NOC(CN(C)S(=O)(=O)c3cccc4cccnc34)C2)cc1. The van der Waals surface area contributed by atoms with Crippen LogP contribution >= 0.6 is 0 Å². The summed E-state index contributed by atoms with van der Waals surface area (Å²) in [6, 6.07) is 16.9. The van der Waals surface area contributed by atoms with Crippen LogP contribution in [0.15, 0.2) is 70.8 Å². The van der Waals surface area contributed by atoms with Crippen molar-refractivity contribution in [1.82, 2.24) is 9.29 Å². The maximum absolute atomic E-state index is 13.1. The number of likely N-dealkylation sites (N-methyl/N-ethyl adjacent to an activating group) is 1. The van der Waals surface area contributed by atoms with Gasteiger partial charge in [0.1, 0.15) is 11.0 Å². The largest absolute Gasteiger partial charge is 0.390 e. The van der Waals surface area contributed by atoms with Crippen LogP contribution in [0.1, 0.15) is 17.5 Å². The number of fused-ring (bicyclic) bond motifs is 1. The van der Waals surface area contributed by atoms with Crippen molar-refractivity contribution in [2.45, 2.75) is 24.3 Å². The maximum Gasteiger partial charge on any atom is 0.245 e. The lowest BCUT2D eigenvalue weighted by atomic mass is 10.0. The highest BCUT2D eigenvalue weighted by molar-refractivity contribution is 7.89. The van der Waals surface area contributed by atoms with E-state index in [0.29, 0.717) is 11.9 Å². The van der Waals surface area contributed by atoms with Crippen molar-refractivity contribution in [3.63, 3.8) is 0 Å². The second kappa shape index (κ2) is 7.33. The number of oxime groups is 1. The van der Waals surface area contributed by atoms with E-state index < -0.39 is 10.0 Å². The van der Waals surface area contributed by atoms with Gasteiger partial charge >= 0.3 is 0 Å². The van der Waals surface area contributed by atoms with E-state index in [2.05, 4.69) is 10.1 Å². The molecule has 7 heteroatoms. The van der Waals surface area contributed by atoms with Gasteiger partial charge in [0.25, 0.3) is 0 Å². The van der Waals surface area contributed by atoms with Crippen molar-refractivity contribution in [1.29, 1.82) is 0 Å². The number of aromatic nitrogens is 1. The zero-order valence-electron chi connectivity index (χ0n) is 15.7. The number of rotatable bonds is 5. The molecular weight excluding hydrogens is 374 g/mol. The van der Waals surface area contributed by atoms with E-state index in [4.69, 9.17) is 4.84 Å². The van der Waals surface area contributed by atoms with Crippen molar-refractivity contribution in [3.05, 3.63) is 71.9 Å². The van der Waals surface area contributed by atoms with E-state index in [-0.39, 0.29) is 17.5 Å². The Kier molecular flexibility index (Phi) is 4.87. The molecule has 2 heterocycles. The lowest BCUT2D eigenvalue weighted by molar-refractivity contribution is 0.0740. The number of hydrogen-bond acceptors (Lipinski definition) is 5. The van der Waals surface area contributed by atoms with Gasteiger partial charge in [-0.25, -0.2) is 8.42 Å². The highest BCUT2D eigenvalue weighted by Crippen LogP contribution is 2.25. The quantitative estimate of drug-likeness (QED) is 0.664. The minimum Gasteiger partial charge on any atom is -0.390 e. The van der Waals surface area contributed by atoms with Gasteiger partial charge in [-0.1, -0.05) is 53.2 Å². The van der Waals surface area contributed by atoms with Crippen LogP contribution in [0.2, 0.25) is 0 Å². The Morgan fingerprint density at radius 3 is 2.64 bits per heavy atom. The van der Waals surface area contributed by atoms with Crippen molar-refractivity contribution in [3.8, 4) is 0 Å². The van der Waals surface area contributed by atoms with Gasteiger partial charge in [-0.2, -0.15) is 4.31 Å². The van der Waals surface area contributed by atoms with Crippen LogP contribution in [0.3, 0.4) is 0 Å². The van der Waals surface area contributed by atoms with Gasteiger partial charge in [0.2, 0.25) is 10.0 Å². The third-order valence-corrected chi connectivity index (χ3v) is 6.72. The molecule has 4 rings (SSSR count). The summed E-state index contributed by atoms with van der Waals surface area (Å²) in [6.07, 6.45) is 1.85. The van der Waals surface area contributed by atoms with Gasteiger partial charge in [0, 0.05) is 25.1 Å². The molecule has 0 aliphatic carbocycles. The second-order valence-corrected chi connectivity index (χ2v) is 8.97. The number of benzene rings is 2. The highest BCUT2D eigenvalue weighted by atomic mass is 32.2. The summed E-state index contributed by atoms with van der Waals surface area (Å²) in [6.45, 7) is 2.24. The van der Waals surface area contributed by atoms with E-state index in [1.54, 1.807) is 31.4 Å². The number of sulfonamides is 1. The number of nitrogens with zero attached hydrogens (tertiary/aromatic N) is 3. The summed E-state index contributed by atoms with van der Waals surface area (Å²) in [5.41, 5.74) is 3.48. The smallest absolute Gasteiger partial charge is 0.245 e. The molecule has 3 aromatic rings. The van der Waals surface area contributed by atoms with Crippen LogP contribution < -0.4 is 0 Å².